The van der Waals surface area contributed by atoms with Gasteiger partial charge >= 0.3 is 0 Å². The van der Waals surface area contributed by atoms with Crippen molar-refractivity contribution in [2.45, 2.75) is 19.1 Å². The summed E-state index contributed by atoms with van der Waals surface area (Å²) in [6, 6.07) is 6.19. The van der Waals surface area contributed by atoms with Gasteiger partial charge in [0.05, 0.1) is 31.5 Å². The lowest BCUT2D eigenvalue weighted by Gasteiger charge is -2.39. The predicted octanol–water partition coefficient (Wildman–Crippen LogP) is 0.540. The van der Waals surface area contributed by atoms with Gasteiger partial charge < -0.3 is 14.6 Å². The molecule has 0 unspecified atom stereocenters. The van der Waals surface area contributed by atoms with Crippen LogP contribution in [0.3, 0.4) is 0 Å². The normalized spacial score (nSPS) is 18.8. The predicted molar refractivity (Wildman–Crippen MR) is 82.2 cm³/mol. The fourth-order valence-electron chi connectivity index (χ4n) is 2.92. The minimum atomic E-state index is -0.0540. The number of nitrogens with zero attached hydrogens (tertiary/aromatic N) is 4. The van der Waals surface area contributed by atoms with E-state index in [1.807, 2.05) is 16.8 Å². The van der Waals surface area contributed by atoms with E-state index >= 15 is 0 Å². The van der Waals surface area contributed by atoms with Crippen LogP contribution in [-0.4, -0.2) is 45.0 Å². The zero-order valence-corrected chi connectivity index (χ0v) is 12.5. The monoisotopic (exact) mass is 301 g/mol. The largest absolute Gasteiger partial charge is 0.378 e. The third-order valence-corrected chi connectivity index (χ3v) is 4.35. The number of anilines is 2. The lowest BCUT2D eigenvalue weighted by atomic mass is 10.2. The SMILES string of the molecule is Cn1cccc(Nc2cc3n(n2)CCN(C2COC2)C3)c1=O. The standard InChI is InChI=1S/C15H19N5O2/c1-18-4-2-3-13(15(18)21)16-14-7-11-8-19(12-9-22-10-12)5-6-20(11)17-14/h2-4,7,12H,5-6,8-10H2,1H3,(H,16,17). The molecule has 0 radical (unpaired) electrons. The highest BCUT2D eigenvalue weighted by Crippen LogP contribution is 2.22. The summed E-state index contributed by atoms with van der Waals surface area (Å²) in [5.74, 6) is 0.727. The number of aromatic nitrogens is 3. The van der Waals surface area contributed by atoms with E-state index in [0.717, 1.165) is 38.7 Å². The van der Waals surface area contributed by atoms with Crippen molar-refractivity contribution in [2.75, 3.05) is 25.1 Å². The van der Waals surface area contributed by atoms with E-state index < -0.39 is 0 Å². The molecular weight excluding hydrogens is 282 g/mol. The third-order valence-electron chi connectivity index (χ3n) is 4.35. The first-order chi connectivity index (χ1) is 10.7. The van der Waals surface area contributed by atoms with Crippen molar-refractivity contribution in [2.24, 2.45) is 7.05 Å². The topological polar surface area (TPSA) is 64.3 Å². The Labute approximate surface area is 128 Å². The van der Waals surface area contributed by atoms with E-state index in [4.69, 9.17) is 4.74 Å². The van der Waals surface area contributed by atoms with Crippen LogP contribution in [0.25, 0.3) is 0 Å². The van der Waals surface area contributed by atoms with E-state index in [1.54, 1.807) is 23.9 Å². The molecule has 0 atom stereocenters. The van der Waals surface area contributed by atoms with Gasteiger partial charge in [0.25, 0.3) is 5.56 Å². The minimum absolute atomic E-state index is 0.0540. The molecule has 4 heterocycles. The average Bonchev–Trinajstić information content (AvgIpc) is 2.84. The van der Waals surface area contributed by atoms with Gasteiger partial charge in [-0.15, -0.1) is 0 Å². The first-order valence-corrected chi connectivity index (χ1v) is 7.52. The van der Waals surface area contributed by atoms with Gasteiger partial charge in [0.15, 0.2) is 5.82 Å². The summed E-state index contributed by atoms with van der Waals surface area (Å²) >= 11 is 0. The van der Waals surface area contributed by atoms with Crippen LogP contribution in [0.5, 0.6) is 0 Å². The van der Waals surface area contributed by atoms with Gasteiger partial charge in [-0.25, -0.2) is 0 Å². The van der Waals surface area contributed by atoms with E-state index in [2.05, 4.69) is 15.3 Å². The van der Waals surface area contributed by atoms with Crippen molar-refractivity contribution in [1.82, 2.24) is 19.2 Å². The Hall–Kier alpha value is -2.12. The number of fused-ring (bicyclic) bond motifs is 1. The molecule has 7 nitrogen and oxygen atoms in total. The van der Waals surface area contributed by atoms with Gasteiger partial charge in [-0.05, 0) is 12.1 Å². The Balaban J connectivity index is 1.54. The van der Waals surface area contributed by atoms with Crippen LogP contribution in [0.4, 0.5) is 11.5 Å². The molecule has 0 aromatic carbocycles. The molecule has 2 aliphatic heterocycles. The maximum atomic E-state index is 12.0. The summed E-state index contributed by atoms with van der Waals surface area (Å²) in [5, 5.41) is 7.69. The van der Waals surface area contributed by atoms with E-state index in [-0.39, 0.29) is 5.56 Å². The van der Waals surface area contributed by atoms with Gasteiger partial charge in [0, 0.05) is 32.4 Å². The number of nitrogens with one attached hydrogen (secondary N) is 1. The van der Waals surface area contributed by atoms with Crippen molar-refractivity contribution in [3.8, 4) is 0 Å². The fourth-order valence-corrected chi connectivity index (χ4v) is 2.92. The summed E-state index contributed by atoms with van der Waals surface area (Å²) in [6.45, 7) is 4.42. The first kappa shape index (κ1) is 13.5. The fraction of sp³-hybridized carbons (Fsp3) is 0.467. The molecule has 2 aromatic heterocycles. The molecule has 4 rings (SSSR count). The van der Waals surface area contributed by atoms with Gasteiger partial charge in [-0.2, -0.15) is 5.10 Å². The minimum Gasteiger partial charge on any atom is -0.378 e. The van der Waals surface area contributed by atoms with Gasteiger partial charge in [-0.1, -0.05) is 0 Å². The quantitative estimate of drug-likeness (QED) is 0.896. The van der Waals surface area contributed by atoms with E-state index in [1.165, 1.54) is 5.69 Å². The molecule has 2 aliphatic rings. The van der Waals surface area contributed by atoms with Crippen molar-refractivity contribution in [3.63, 3.8) is 0 Å². The van der Waals surface area contributed by atoms with Crippen LogP contribution in [0, 0.1) is 0 Å². The second kappa shape index (κ2) is 5.26. The zero-order valence-electron chi connectivity index (χ0n) is 12.5. The Morgan fingerprint density at radius 3 is 3.00 bits per heavy atom. The highest BCUT2D eigenvalue weighted by Gasteiger charge is 2.29. The molecule has 1 N–H and O–H groups in total. The maximum absolute atomic E-state index is 12.0. The van der Waals surface area contributed by atoms with Crippen molar-refractivity contribution in [1.29, 1.82) is 0 Å². The Morgan fingerprint density at radius 1 is 1.36 bits per heavy atom. The van der Waals surface area contributed by atoms with Crippen molar-refractivity contribution in [3.05, 3.63) is 40.4 Å². The molecule has 0 bridgehead atoms. The second-order valence-corrected chi connectivity index (χ2v) is 5.87. The molecule has 0 spiro atoms. The molecule has 1 saturated heterocycles. The molecule has 1 fully saturated rings. The summed E-state index contributed by atoms with van der Waals surface area (Å²) < 4.78 is 8.84. The summed E-state index contributed by atoms with van der Waals surface area (Å²) in [7, 11) is 1.74. The van der Waals surface area contributed by atoms with Crippen LogP contribution >= 0.6 is 0 Å². The highest BCUT2D eigenvalue weighted by molar-refractivity contribution is 5.55. The lowest BCUT2D eigenvalue weighted by Crippen LogP contribution is -2.51. The molecular formula is C15H19N5O2. The molecule has 0 saturated carbocycles. The van der Waals surface area contributed by atoms with Crippen molar-refractivity contribution < 1.29 is 4.74 Å². The number of pyridine rings is 1. The number of hydrogen-bond acceptors (Lipinski definition) is 5. The van der Waals surface area contributed by atoms with E-state index in [0.29, 0.717) is 11.7 Å². The molecule has 116 valence electrons. The van der Waals surface area contributed by atoms with Crippen LogP contribution < -0.4 is 10.9 Å². The van der Waals surface area contributed by atoms with Crippen molar-refractivity contribution >= 4 is 11.5 Å². The van der Waals surface area contributed by atoms with Gasteiger partial charge in [-0.3, -0.25) is 14.4 Å². The van der Waals surface area contributed by atoms with Crippen LogP contribution in [0.1, 0.15) is 5.69 Å². The Kier molecular flexibility index (Phi) is 3.24. The van der Waals surface area contributed by atoms with E-state index in [9.17, 15) is 4.79 Å². The maximum Gasteiger partial charge on any atom is 0.274 e. The van der Waals surface area contributed by atoms with Crippen LogP contribution in [0.15, 0.2) is 29.2 Å². The van der Waals surface area contributed by atoms with Gasteiger partial charge in [0.2, 0.25) is 0 Å². The van der Waals surface area contributed by atoms with Crippen LogP contribution in [-0.2, 0) is 24.9 Å². The molecule has 7 heteroatoms. The Bertz CT molecular complexity index is 747. The first-order valence-electron chi connectivity index (χ1n) is 7.52. The molecule has 2 aromatic rings. The molecule has 0 aliphatic carbocycles. The summed E-state index contributed by atoms with van der Waals surface area (Å²) in [4.78, 5) is 14.5. The number of ether oxygens (including phenoxy) is 1. The lowest BCUT2D eigenvalue weighted by molar-refractivity contribution is -0.0735. The van der Waals surface area contributed by atoms with Crippen LogP contribution in [0.2, 0.25) is 0 Å². The molecule has 0 amide bonds. The number of aryl methyl sites for hydroxylation is 1. The summed E-state index contributed by atoms with van der Waals surface area (Å²) in [5.41, 5.74) is 1.67. The Morgan fingerprint density at radius 2 is 2.23 bits per heavy atom. The number of hydrogen-bond donors (Lipinski definition) is 1. The number of rotatable bonds is 3. The smallest absolute Gasteiger partial charge is 0.274 e. The highest BCUT2D eigenvalue weighted by atomic mass is 16.5. The summed E-state index contributed by atoms with van der Waals surface area (Å²) in [6.07, 6.45) is 1.74. The third kappa shape index (κ3) is 2.32. The van der Waals surface area contributed by atoms with Gasteiger partial charge in [0.1, 0.15) is 5.69 Å². The second-order valence-electron chi connectivity index (χ2n) is 5.87. The zero-order chi connectivity index (χ0) is 15.1. The molecule has 22 heavy (non-hydrogen) atoms. The average molecular weight is 301 g/mol.